The van der Waals surface area contributed by atoms with Crippen LogP contribution >= 0.6 is 11.6 Å². The maximum Gasteiger partial charge on any atom is 0.337 e. The van der Waals surface area contributed by atoms with E-state index >= 15 is 0 Å². The van der Waals surface area contributed by atoms with Crippen molar-refractivity contribution in [2.24, 2.45) is 16.6 Å². The van der Waals surface area contributed by atoms with Gasteiger partial charge in [0.2, 0.25) is 0 Å². The predicted molar refractivity (Wildman–Crippen MR) is 151 cm³/mol. The molecule has 0 amide bonds. The maximum atomic E-state index is 14.1. The van der Waals surface area contributed by atoms with Gasteiger partial charge < -0.3 is 19.9 Å². The number of benzene rings is 2. The van der Waals surface area contributed by atoms with Gasteiger partial charge in [-0.25, -0.2) is 4.79 Å². The first kappa shape index (κ1) is 29.0. The highest BCUT2D eigenvalue weighted by Gasteiger charge is 2.46. The van der Waals surface area contributed by atoms with Crippen molar-refractivity contribution in [2.75, 3.05) is 40.0 Å². The molecule has 4 rings (SSSR count). The number of hydrogen-bond donors (Lipinski definition) is 1. The molecule has 3 atom stereocenters. The van der Waals surface area contributed by atoms with E-state index in [-0.39, 0.29) is 12.2 Å². The number of halogens is 1. The van der Waals surface area contributed by atoms with Gasteiger partial charge in [0, 0.05) is 49.3 Å². The molecule has 8 nitrogen and oxygen atoms in total. The van der Waals surface area contributed by atoms with Crippen molar-refractivity contribution in [1.82, 2.24) is 4.90 Å². The number of likely N-dealkylation sites (tertiary alicyclic amines) is 1. The van der Waals surface area contributed by atoms with Crippen molar-refractivity contribution >= 4 is 29.3 Å². The fourth-order valence-electron chi connectivity index (χ4n) is 5.40. The third kappa shape index (κ3) is 6.76. The lowest BCUT2D eigenvalue weighted by Crippen LogP contribution is -2.40. The minimum absolute atomic E-state index is 0.0463. The Morgan fingerprint density at radius 3 is 2.56 bits per heavy atom. The van der Waals surface area contributed by atoms with E-state index < -0.39 is 29.4 Å². The van der Waals surface area contributed by atoms with Gasteiger partial charge in [-0.1, -0.05) is 60.1 Å². The Bertz CT molecular complexity index is 1250. The molecular formula is C30H36ClN3O5. The Morgan fingerprint density at radius 1 is 1.15 bits per heavy atom. The minimum atomic E-state index is -0.846. The standard InChI is InChI=1S/C30H36ClN3O5/c1-20-25(28(35)37-3)26(22-11-7-8-12-23(22)31)27(24(33-20)18-38-16-14-32)29(36)39-30(2)13-15-34(19-30)17-21-9-5-4-6-10-21/h4-12,25-26H,13-19,32H2,1-3H3/t25?,26-,30-/m0/s1. The number of hydrogen-bond acceptors (Lipinski definition) is 8. The van der Waals surface area contributed by atoms with Crippen molar-refractivity contribution < 1.29 is 23.8 Å². The highest BCUT2D eigenvalue weighted by molar-refractivity contribution is 6.31. The highest BCUT2D eigenvalue weighted by Crippen LogP contribution is 2.43. The molecule has 9 heteroatoms. The maximum absolute atomic E-state index is 14.1. The van der Waals surface area contributed by atoms with Crippen molar-refractivity contribution in [3.8, 4) is 0 Å². The van der Waals surface area contributed by atoms with Crippen LogP contribution in [0.2, 0.25) is 5.02 Å². The largest absolute Gasteiger partial charge is 0.468 e. The number of ether oxygens (including phenoxy) is 3. The molecule has 2 N–H and O–H groups in total. The number of carbonyl (C=O) groups is 2. The van der Waals surface area contributed by atoms with Crippen LogP contribution in [0, 0.1) is 5.92 Å². The monoisotopic (exact) mass is 553 g/mol. The Hall–Kier alpha value is -3.04. The van der Waals surface area contributed by atoms with Crippen LogP contribution in [0.5, 0.6) is 0 Å². The van der Waals surface area contributed by atoms with Crippen molar-refractivity contribution in [3.05, 3.63) is 82.0 Å². The third-order valence-electron chi connectivity index (χ3n) is 7.24. The van der Waals surface area contributed by atoms with Gasteiger partial charge in [0.15, 0.2) is 0 Å². The molecule has 1 fully saturated rings. The van der Waals surface area contributed by atoms with Crippen molar-refractivity contribution in [1.29, 1.82) is 0 Å². The van der Waals surface area contributed by atoms with Crippen LogP contribution in [0.3, 0.4) is 0 Å². The SMILES string of the molecule is COC(=O)C1C(C)=NC(COCCN)=C(C(=O)O[C@@]2(C)CCN(Cc3ccccc3)C2)[C@H]1c1ccccc1Cl. The van der Waals surface area contributed by atoms with Crippen LogP contribution in [0.15, 0.2) is 70.9 Å². The number of aliphatic imine (C=N–C) groups is 1. The molecule has 2 aliphatic heterocycles. The Kier molecular flexibility index (Phi) is 9.56. The van der Waals surface area contributed by atoms with Gasteiger partial charge in [-0.3, -0.25) is 14.7 Å². The topological polar surface area (TPSA) is 103 Å². The third-order valence-corrected chi connectivity index (χ3v) is 7.58. The van der Waals surface area contributed by atoms with Gasteiger partial charge in [0.25, 0.3) is 0 Å². The summed E-state index contributed by atoms with van der Waals surface area (Å²) < 4.78 is 17.1. The molecule has 0 radical (unpaired) electrons. The van der Waals surface area contributed by atoms with Gasteiger partial charge >= 0.3 is 11.9 Å². The van der Waals surface area contributed by atoms with Crippen LogP contribution in [-0.4, -0.2) is 68.1 Å². The zero-order valence-corrected chi connectivity index (χ0v) is 23.4. The summed E-state index contributed by atoms with van der Waals surface area (Å²) in [5.74, 6) is -2.64. The molecule has 2 aromatic carbocycles. The van der Waals surface area contributed by atoms with E-state index in [1.165, 1.54) is 12.7 Å². The smallest absolute Gasteiger partial charge is 0.337 e. The van der Waals surface area contributed by atoms with Crippen LogP contribution in [-0.2, 0) is 30.3 Å². The molecule has 0 bridgehead atoms. The van der Waals surface area contributed by atoms with Crippen LogP contribution < -0.4 is 5.73 Å². The highest BCUT2D eigenvalue weighted by atomic mass is 35.5. The number of nitrogens with zero attached hydrogens (tertiary/aromatic N) is 2. The molecule has 0 aromatic heterocycles. The quantitative estimate of drug-likeness (QED) is 0.348. The Balaban J connectivity index is 1.69. The zero-order chi connectivity index (χ0) is 28.0. The second-order valence-electron chi connectivity index (χ2n) is 10.2. The molecule has 2 aliphatic rings. The molecule has 1 saturated heterocycles. The lowest BCUT2D eigenvalue weighted by atomic mass is 9.75. The number of nitrogens with two attached hydrogens (primary N) is 1. The van der Waals surface area contributed by atoms with Crippen molar-refractivity contribution in [3.63, 3.8) is 0 Å². The lowest BCUT2D eigenvalue weighted by Gasteiger charge is -2.34. The molecule has 1 unspecified atom stereocenters. The molecule has 0 spiro atoms. The number of carbonyl (C=O) groups excluding carboxylic acids is 2. The normalized spacial score (nSPS) is 23.5. The van der Waals surface area contributed by atoms with E-state index in [2.05, 4.69) is 22.0 Å². The van der Waals surface area contributed by atoms with Gasteiger partial charge in [-0.05, 0) is 31.0 Å². The van der Waals surface area contributed by atoms with Crippen LogP contribution in [0.1, 0.15) is 37.3 Å². The van der Waals surface area contributed by atoms with Crippen molar-refractivity contribution in [2.45, 2.75) is 38.3 Å². The summed E-state index contributed by atoms with van der Waals surface area (Å²) >= 11 is 6.64. The first-order chi connectivity index (χ1) is 18.8. The summed E-state index contributed by atoms with van der Waals surface area (Å²) in [6.45, 7) is 6.50. The van der Waals surface area contributed by atoms with Gasteiger partial charge in [0.1, 0.15) is 11.5 Å². The summed E-state index contributed by atoms with van der Waals surface area (Å²) in [4.78, 5) is 34.1. The first-order valence-corrected chi connectivity index (χ1v) is 13.5. The van der Waals surface area contributed by atoms with Crippen LogP contribution in [0.25, 0.3) is 0 Å². The van der Waals surface area contributed by atoms with E-state index in [4.69, 9.17) is 31.5 Å². The Labute approximate surface area is 234 Å². The molecule has 2 heterocycles. The fourth-order valence-corrected chi connectivity index (χ4v) is 5.65. The average Bonchev–Trinajstić information content (AvgIpc) is 3.28. The van der Waals surface area contributed by atoms with E-state index in [0.717, 1.165) is 13.1 Å². The fraction of sp³-hybridized carbons (Fsp3) is 0.433. The van der Waals surface area contributed by atoms with E-state index in [1.54, 1.807) is 19.1 Å². The molecule has 2 aromatic rings. The summed E-state index contributed by atoms with van der Waals surface area (Å²) in [6.07, 6.45) is 0.678. The number of esters is 2. The van der Waals surface area contributed by atoms with Crippen LogP contribution in [0.4, 0.5) is 0 Å². The first-order valence-electron chi connectivity index (χ1n) is 13.1. The summed E-state index contributed by atoms with van der Waals surface area (Å²) in [5, 5.41) is 0.430. The second-order valence-corrected chi connectivity index (χ2v) is 10.6. The van der Waals surface area contributed by atoms with E-state index in [0.29, 0.717) is 48.1 Å². The minimum Gasteiger partial charge on any atom is -0.468 e. The van der Waals surface area contributed by atoms with E-state index in [9.17, 15) is 9.59 Å². The molecular weight excluding hydrogens is 518 g/mol. The predicted octanol–water partition coefficient (Wildman–Crippen LogP) is 4.12. The molecule has 208 valence electrons. The number of rotatable bonds is 10. The number of methoxy groups -OCH3 is 1. The van der Waals surface area contributed by atoms with Gasteiger partial charge in [-0.15, -0.1) is 0 Å². The summed E-state index contributed by atoms with van der Waals surface area (Å²) in [7, 11) is 1.32. The average molecular weight is 554 g/mol. The summed E-state index contributed by atoms with van der Waals surface area (Å²) in [5.41, 5.74) is 7.89. The van der Waals surface area contributed by atoms with E-state index in [1.807, 2.05) is 37.3 Å². The van der Waals surface area contributed by atoms with Gasteiger partial charge in [-0.2, -0.15) is 0 Å². The van der Waals surface area contributed by atoms with Gasteiger partial charge in [0.05, 0.1) is 31.6 Å². The molecule has 0 aliphatic carbocycles. The molecule has 0 saturated carbocycles. The lowest BCUT2D eigenvalue weighted by molar-refractivity contribution is -0.152. The summed E-state index contributed by atoms with van der Waals surface area (Å²) in [6, 6.07) is 17.4. The zero-order valence-electron chi connectivity index (χ0n) is 22.7. The Morgan fingerprint density at radius 2 is 1.87 bits per heavy atom. The molecule has 39 heavy (non-hydrogen) atoms. The second kappa shape index (κ2) is 12.9.